The van der Waals surface area contributed by atoms with Crippen LogP contribution in [-0.4, -0.2) is 29.9 Å². The third-order valence-electron chi connectivity index (χ3n) is 3.34. The van der Waals surface area contributed by atoms with Crippen LogP contribution in [0.3, 0.4) is 0 Å². The van der Waals surface area contributed by atoms with Crippen LogP contribution in [0.15, 0.2) is 53.8 Å². The maximum Gasteiger partial charge on any atom is 0.414 e. The number of aromatic nitrogens is 1. The maximum absolute atomic E-state index is 11.6. The molecule has 0 atom stereocenters. The number of hydrazone groups is 1. The van der Waals surface area contributed by atoms with Gasteiger partial charge in [0.15, 0.2) is 0 Å². The van der Waals surface area contributed by atoms with E-state index in [0.717, 1.165) is 17.0 Å². The average Bonchev–Trinajstić information content (AvgIpc) is 3.00. The number of amides is 1. The van der Waals surface area contributed by atoms with Gasteiger partial charge in [-0.15, -0.1) is 0 Å². The van der Waals surface area contributed by atoms with Crippen LogP contribution in [0.2, 0.25) is 0 Å². The van der Waals surface area contributed by atoms with Crippen LogP contribution >= 0.6 is 0 Å². The van der Waals surface area contributed by atoms with Crippen molar-refractivity contribution in [2.45, 2.75) is 6.92 Å². The Balaban J connectivity index is 1.78. The summed E-state index contributed by atoms with van der Waals surface area (Å²) in [5.74, 6) is 0.682. The van der Waals surface area contributed by atoms with Crippen molar-refractivity contribution in [2.75, 3.05) is 23.5 Å². The van der Waals surface area contributed by atoms with E-state index in [1.165, 1.54) is 0 Å². The van der Waals surface area contributed by atoms with Gasteiger partial charge in [-0.25, -0.2) is 9.78 Å². The molecule has 1 fully saturated rings. The van der Waals surface area contributed by atoms with Gasteiger partial charge in [0.1, 0.15) is 12.4 Å². The van der Waals surface area contributed by atoms with E-state index in [4.69, 9.17) is 4.74 Å². The number of anilines is 2. The van der Waals surface area contributed by atoms with Crippen molar-refractivity contribution in [3.05, 3.63) is 54.2 Å². The quantitative estimate of drug-likeness (QED) is 0.696. The Hall–Kier alpha value is -2.89. The van der Waals surface area contributed by atoms with Crippen molar-refractivity contribution in [3.63, 3.8) is 0 Å². The van der Waals surface area contributed by atoms with Gasteiger partial charge < -0.3 is 4.74 Å². The van der Waals surface area contributed by atoms with Crippen molar-refractivity contribution in [3.8, 4) is 0 Å². The zero-order valence-corrected chi connectivity index (χ0v) is 12.2. The van der Waals surface area contributed by atoms with Crippen LogP contribution in [0.25, 0.3) is 0 Å². The molecule has 22 heavy (non-hydrogen) atoms. The predicted octanol–water partition coefficient (Wildman–Crippen LogP) is 2.87. The molecular weight excluding hydrogens is 280 g/mol. The summed E-state index contributed by atoms with van der Waals surface area (Å²) >= 11 is 0. The number of carbonyl (C=O) groups excluding carboxylic acids is 1. The summed E-state index contributed by atoms with van der Waals surface area (Å²) < 4.78 is 4.96. The van der Waals surface area contributed by atoms with Crippen molar-refractivity contribution >= 4 is 23.3 Å². The highest BCUT2D eigenvalue weighted by atomic mass is 16.6. The molecule has 1 amide bonds. The maximum atomic E-state index is 11.6. The Kier molecular flexibility index (Phi) is 4.00. The highest BCUT2D eigenvalue weighted by molar-refractivity contribution is 6.00. The van der Waals surface area contributed by atoms with E-state index in [1.54, 1.807) is 11.1 Å². The Morgan fingerprint density at radius 3 is 2.95 bits per heavy atom. The van der Waals surface area contributed by atoms with Crippen LogP contribution in [-0.2, 0) is 4.74 Å². The molecule has 1 aromatic heterocycles. The Morgan fingerprint density at radius 2 is 2.23 bits per heavy atom. The molecule has 0 spiro atoms. The van der Waals surface area contributed by atoms with Gasteiger partial charge in [-0.05, 0) is 36.8 Å². The predicted molar refractivity (Wildman–Crippen MR) is 85.2 cm³/mol. The van der Waals surface area contributed by atoms with Gasteiger partial charge in [0.2, 0.25) is 0 Å². The third-order valence-corrected chi connectivity index (χ3v) is 3.34. The number of pyridine rings is 1. The largest absolute Gasteiger partial charge is 0.447 e. The number of rotatable bonds is 4. The molecular formula is C16H16N4O2. The van der Waals surface area contributed by atoms with Crippen LogP contribution in [0.5, 0.6) is 0 Å². The van der Waals surface area contributed by atoms with Gasteiger partial charge in [-0.2, -0.15) is 5.10 Å². The van der Waals surface area contributed by atoms with E-state index < -0.39 is 0 Å². The van der Waals surface area contributed by atoms with Gasteiger partial charge in [0.25, 0.3) is 0 Å². The smallest absolute Gasteiger partial charge is 0.414 e. The number of nitrogens with one attached hydrogen (secondary N) is 1. The van der Waals surface area contributed by atoms with Gasteiger partial charge in [0, 0.05) is 11.9 Å². The SMILES string of the molecule is CC(=NNc1ccccn1)c1cccc(N2CCOC2=O)c1. The normalized spacial score (nSPS) is 14.9. The van der Waals surface area contributed by atoms with Crippen molar-refractivity contribution in [1.29, 1.82) is 0 Å². The minimum absolute atomic E-state index is 0.307. The molecule has 6 heteroatoms. The lowest BCUT2D eigenvalue weighted by molar-refractivity contribution is 0.181. The Labute approximate surface area is 128 Å². The number of cyclic esters (lactones) is 1. The lowest BCUT2D eigenvalue weighted by atomic mass is 10.1. The molecule has 0 aliphatic carbocycles. The lowest BCUT2D eigenvalue weighted by Crippen LogP contribution is -2.23. The summed E-state index contributed by atoms with van der Waals surface area (Å²) in [5, 5.41) is 4.32. The molecule has 1 N–H and O–H groups in total. The second-order valence-corrected chi connectivity index (χ2v) is 4.84. The highest BCUT2D eigenvalue weighted by Gasteiger charge is 2.23. The summed E-state index contributed by atoms with van der Waals surface area (Å²) in [6, 6.07) is 13.2. The Morgan fingerprint density at radius 1 is 1.32 bits per heavy atom. The summed E-state index contributed by atoms with van der Waals surface area (Å²) in [5.41, 5.74) is 5.46. The molecule has 0 radical (unpaired) electrons. The summed E-state index contributed by atoms with van der Waals surface area (Å²) in [6.45, 7) is 2.90. The van der Waals surface area contributed by atoms with E-state index in [1.807, 2.05) is 49.4 Å². The minimum Gasteiger partial charge on any atom is -0.447 e. The molecule has 1 saturated heterocycles. The highest BCUT2D eigenvalue weighted by Crippen LogP contribution is 2.20. The fraction of sp³-hybridized carbons (Fsp3) is 0.188. The van der Waals surface area contributed by atoms with Crippen LogP contribution in [0, 0.1) is 0 Å². The molecule has 6 nitrogen and oxygen atoms in total. The summed E-state index contributed by atoms with van der Waals surface area (Å²) in [7, 11) is 0. The molecule has 1 aromatic carbocycles. The number of ether oxygens (including phenoxy) is 1. The number of nitrogens with zero attached hydrogens (tertiary/aromatic N) is 3. The Bertz CT molecular complexity index is 700. The molecule has 1 aliphatic heterocycles. The molecule has 3 rings (SSSR count). The average molecular weight is 296 g/mol. The molecule has 2 aromatic rings. The number of carbonyl (C=O) groups is 1. The summed E-state index contributed by atoms with van der Waals surface area (Å²) in [6.07, 6.45) is 1.39. The lowest BCUT2D eigenvalue weighted by Gasteiger charge is -2.13. The van der Waals surface area contributed by atoms with Gasteiger partial charge >= 0.3 is 6.09 Å². The van der Waals surface area contributed by atoms with Crippen LogP contribution in [0.4, 0.5) is 16.3 Å². The topological polar surface area (TPSA) is 66.8 Å². The van der Waals surface area contributed by atoms with E-state index in [9.17, 15) is 4.79 Å². The molecule has 2 heterocycles. The first-order valence-corrected chi connectivity index (χ1v) is 7.00. The standard InChI is InChI=1S/C16H16N4O2/c1-12(18-19-15-7-2-3-8-17-15)13-5-4-6-14(11-13)20-9-10-22-16(20)21/h2-8,11H,9-10H2,1H3,(H,17,19). The van der Waals surface area contributed by atoms with Crippen LogP contribution < -0.4 is 10.3 Å². The summed E-state index contributed by atoms with van der Waals surface area (Å²) in [4.78, 5) is 17.4. The van der Waals surface area contributed by atoms with Crippen molar-refractivity contribution in [1.82, 2.24) is 4.98 Å². The third kappa shape index (κ3) is 3.06. The second kappa shape index (κ2) is 6.26. The number of hydrogen-bond acceptors (Lipinski definition) is 5. The molecule has 0 saturated carbocycles. The number of benzene rings is 1. The molecule has 0 bridgehead atoms. The molecule has 1 aliphatic rings. The van der Waals surface area contributed by atoms with E-state index >= 15 is 0 Å². The van der Waals surface area contributed by atoms with Gasteiger partial charge in [0.05, 0.1) is 12.3 Å². The fourth-order valence-corrected chi connectivity index (χ4v) is 2.16. The second-order valence-electron chi connectivity index (χ2n) is 4.84. The van der Waals surface area contributed by atoms with Gasteiger partial charge in [-0.1, -0.05) is 18.2 Å². The zero-order valence-electron chi connectivity index (χ0n) is 12.2. The van der Waals surface area contributed by atoms with E-state index in [2.05, 4.69) is 15.5 Å². The zero-order chi connectivity index (χ0) is 15.4. The first-order chi connectivity index (χ1) is 10.7. The number of hydrogen-bond donors (Lipinski definition) is 1. The van der Waals surface area contributed by atoms with E-state index in [0.29, 0.717) is 19.0 Å². The van der Waals surface area contributed by atoms with Crippen LogP contribution in [0.1, 0.15) is 12.5 Å². The fourth-order valence-electron chi connectivity index (χ4n) is 2.16. The van der Waals surface area contributed by atoms with E-state index in [-0.39, 0.29) is 6.09 Å². The first-order valence-electron chi connectivity index (χ1n) is 7.00. The monoisotopic (exact) mass is 296 g/mol. The minimum atomic E-state index is -0.307. The first kappa shape index (κ1) is 14.1. The molecule has 112 valence electrons. The van der Waals surface area contributed by atoms with Crippen molar-refractivity contribution < 1.29 is 9.53 Å². The van der Waals surface area contributed by atoms with Crippen molar-refractivity contribution in [2.24, 2.45) is 5.10 Å². The van der Waals surface area contributed by atoms with Gasteiger partial charge in [-0.3, -0.25) is 10.3 Å². The molecule has 0 unspecified atom stereocenters.